The van der Waals surface area contributed by atoms with Crippen molar-refractivity contribution in [1.82, 2.24) is 14.7 Å². The zero-order valence-corrected chi connectivity index (χ0v) is 13.6. The van der Waals surface area contributed by atoms with Crippen LogP contribution in [0.15, 0.2) is 36.5 Å². The van der Waals surface area contributed by atoms with Crippen molar-refractivity contribution in [2.24, 2.45) is 0 Å². The lowest BCUT2D eigenvalue weighted by atomic mass is 9.90. The molecule has 0 aliphatic carbocycles. The Morgan fingerprint density at radius 2 is 2.08 bits per heavy atom. The van der Waals surface area contributed by atoms with Crippen LogP contribution in [0.2, 0.25) is 0 Å². The first-order chi connectivity index (χ1) is 11.5. The van der Waals surface area contributed by atoms with Crippen LogP contribution in [0, 0.1) is 19.7 Å². The average Bonchev–Trinajstić information content (AvgIpc) is 2.82. The molecule has 0 radical (unpaired) electrons. The standard InChI is InChI=1S/C19H18FN3O/c1-11-5-6-23-17(7-11)22-16-10-21-18(24)9-14(19(16)23)13-3-4-15(20)12(2)8-13/h3-8,14H,9-10H2,1-2H3,(H,21,24)/t14-/m1/s1. The van der Waals surface area contributed by atoms with Crippen LogP contribution in [0.1, 0.15) is 40.4 Å². The molecular weight excluding hydrogens is 305 g/mol. The second-order valence-electron chi connectivity index (χ2n) is 6.42. The number of hydrogen-bond acceptors (Lipinski definition) is 2. The molecule has 4 nitrogen and oxygen atoms in total. The minimum Gasteiger partial charge on any atom is -0.350 e. The van der Waals surface area contributed by atoms with Crippen LogP contribution in [-0.2, 0) is 11.3 Å². The molecule has 0 spiro atoms. The van der Waals surface area contributed by atoms with Gasteiger partial charge in [-0.2, -0.15) is 0 Å². The predicted molar refractivity (Wildman–Crippen MR) is 89.4 cm³/mol. The molecule has 1 atom stereocenters. The number of pyridine rings is 1. The molecule has 0 fully saturated rings. The van der Waals surface area contributed by atoms with Crippen LogP contribution in [0.4, 0.5) is 4.39 Å². The molecule has 24 heavy (non-hydrogen) atoms. The van der Waals surface area contributed by atoms with E-state index >= 15 is 0 Å². The maximum absolute atomic E-state index is 13.7. The van der Waals surface area contributed by atoms with Crippen molar-refractivity contribution in [2.45, 2.75) is 32.7 Å². The van der Waals surface area contributed by atoms with E-state index in [1.807, 2.05) is 35.7 Å². The quantitative estimate of drug-likeness (QED) is 0.747. The highest BCUT2D eigenvalue weighted by Gasteiger charge is 2.29. The average molecular weight is 323 g/mol. The number of nitrogens with one attached hydrogen (secondary N) is 1. The van der Waals surface area contributed by atoms with Crippen LogP contribution in [-0.4, -0.2) is 15.3 Å². The fraction of sp³-hybridized carbons (Fsp3) is 0.263. The van der Waals surface area contributed by atoms with Gasteiger partial charge in [-0.15, -0.1) is 0 Å². The number of nitrogens with zero attached hydrogens (tertiary/aromatic N) is 2. The van der Waals surface area contributed by atoms with E-state index in [4.69, 9.17) is 4.98 Å². The number of hydrogen-bond donors (Lipinski definition) is 1. The van der Waals surface area contributed by atoms with Gasteiger partial charge in [-0.25, -0.2) is 9.37 Å². The van der Waals surface area contributed by atoms with E-state index in [0.29, 0.717) is 18.5 Å². The van der Waals surface area contributed by atoms with Gasteiger partial charge in [-0.1, -0.05) is 12.1 Å². The first-order valence-electron chi connectivity index (χ1n) is 8.03. The van der Waals surface area contributed by atoms with E-state index in [1.54, 1.807) is 13.0 Å². The van der Waals surface area contributed by atoms with Crippen molar-refractivity contribution < 1.29 is 9.18 Å². The first kappa shape index (κ1) is 14.9. The van der Waals surface area contributed by atoms with Gasteiger partial charge < -0.3 is 9.72 Å². The molecule has 1 aliphatic heterocycles. The predicted octanol–water partition coefficient (Wildman–Crippen LogP) is 3.24. The third kappa shape index (κ3) is 2.37. The second kappa shape index (κ2) is 5.44. The molecule has 0 saturated carbocycles. The highest BCUT2D eigenvalue weighted by Crippen LogP contribution is 2.34. The highest BCUT2D eigenvalue weighted by molar-refractivity contribution is 5.78. The fourth-order valence-corrected chi connectivity index (χ4v) is 3.41. The zero-order chi connectivity index (χ0) is 16.8. The van der Waals surface area contributed by atoms with E-state index < -0.39 is 0 Å². The van der Waals surface area contributed by atoms with Gasteiger partial charge in [0.15, 0.2) is 0 Å². The molecule has 1 amide bonds. The van der Waals surface area contributed by atoms with Gasteiger partial charge in [-0.3, -0.25) is 4.79 Å². The Bertz CT molecular complexity index is 961. The maximum atomic E-state index is 13.7. The number of aryl methyl sites for hydroxylation is 2. The fourth-order valence-electron chi connectivity index (χ4n) is 3.41. The third-order valence-electron chi connectivity index (χ3n) is 4.65. The Labute approximate surface area is 139 Å². The third-order valence-corrected chi connectivity index (χ3v) is 4.65. The van der Waals surface area contributed by atoms with Gasteiger partial charge in [-0.05, 0) is 48.7 Å². The summed E-state index contributed by atoms with van der Waals surface area (Å²) < 4.78 is 15.7. The van der Waals surface area contributed by atoms with E-state index in [-0.39, 0.29) is 17.6 Å². The van der Waals surface area contributed by atoms with Crippen LogP contribution < -0.4 is 5.32 Å². The number of rotatable bonds is 1. The van der Waals surface area contributed by atoms with Crippen LogP contribution in [0.25, 0.3) is 5.65 Å². The van der Waals surface area contributed by atoms with Crippen molar-refractivity contribution in [3.8, 4) is 0 Å². The monoisotopic (exact) mass is 323 g/mol. The van der Waals surface area contributed by atoms with Crippen LogP contribution in [0.3, 0.4) is 0 Å². The van der Waals surface area contributed by atoms with Crippen LogP contribution in [0.5, 0.6) is 0 Å². The van der Waals surface area contributed by atoms with Crippen molar-refractivity contribution in [3.05, 3.63) is 70.4 Å². The smallest absolute Gasteiger partial charge is 0.221 e. The molecule has 2 aromatic heterocycles. The molecule has 0 saturated heterocycles. The molecular formula is C19H18FN3O. The lowest BCUT2D eigenvalue weighted by molar-refractivity contribution is -0.121. The molecule has 0 unspecified atom stereocenters. The van der Waals surface area contributed by atoms with Gasteiger partial charge in [0.2, 0.25) is 5.91 Å². The Morgan fingerprint density at radius 3 is 2.88 bits per heavy atom. The molecule has 122 valence electrons. The number of aromatic nitrogens is 2. The van der Waals surface area contributed by atoms with Gasteiger partial charge in [0.25, 0.3) is 0 Å². The molecule has 4 rings (SSSR count). The number of halogens is 1. The van der Waals surface area contributed by atoms with E-state index in [1.165, 1.54) is 6.07 Å². The van der Waals surface area contributed by atoms with Gasteiger partial charge >= 0.3 is 0 Å². The summed E-state index contributed by atoms with van der Waals surface area (Å²) in [5.74, 6) is -0.383. The number of imidazole rings is 1. The molecule has 1 N–H and O–H groups in total. The van der Waals surface area contributed by atoms with Crippen LogP contribution >= 0.6 is 0 Å². The van der Waals surface area contributed by atoms with Crippen molar-refractivity contribution in [2.75, 3.05) is 0 Å². The Hall–Kier alpha value is -2.69. The van der Waals surface area contributed by atoms with E-state index in [0.717, 1.165) is 28.2 Å². The van der Waals surface area contributed by atoms with Gasteiger partial charge in [0, 0.05) is 18.5 Å². The summed E-state index contributed by atoms with van der Waals surface area (Å²) in [7, 11) is 0. The normalized spacial score (nSPS) is 17.5. The van der Waals surface area contributed by atoms with Crippen molar-refractivity contribution >= 4 is 11.6 Å². The summed E-state index contributed by atoms with van der Waals surface area (Å²) in [5.41, 5.74) is 5.42. The Balaban J connectivity index is 1.94. The molecule has 3 aromatic rings. The number of amides is 1. The second-order valence-corrected chi connectivity index (χ2v) is 6.42. The number of carbonyl (C=O) groups is 1. The van der Waals surface area contributed by atoms with E-state index in [2.05, 4.69) is 5.32 Å². The SMILES string of the molecule is Cc1ccn2c3c(nc2c1)CNC(=O)C[C@@H]3c1ccc(F)c(C)c1. The van der Waals surface area contributed by atoms with Crippen molar-refractivity contribution in [3.63, 3.8) is 0 Å². The summed E-state index contributed by atoms with van der Waals surface area (Å²) >= 11 is 0. The summed E-state index contributed by atoms with van der Waals surface area (Å²) in [6, 6.07) is 9.13. The Kier molecular flexibility index (Phi) is 3.37. The molecule has 0 bridgehead atoms. The first-order valence-corrected chi connectivity index (χ1v) is 8.03. The highest BCUT2D eigenvalue weighted by atomic mass is 19.1. The van der Waals surface area contributed by atoms with Gasteiger partial charge in [0.1, 0.15) is 11.5 Å². The Morgan fingerprint density at radius 1 is 1.25 bits per heavy atom. The number of fused-ring (bicyclic) bond motifs is 3. The number of carbonyl (C=O) groups excluding carboxylic acids is 1. The lowest BCUT2D eigenvalue weighted by Gasteiger charge is -2.16. The zero-order valence-electron chi connectivity index (χ0n) is 13.6. The minimum atomic E-state index is -0.231. The summed E-state index contributed by atoms with van der Waals surface area (Å²) in [6.07, 6.45) is 2.33. The summed E-state index contributed by atoms with van der Waals surface area (Å²) in [4.78, 5) is 16.9. The topological polar surface area (TPSA) is 46.4 Å². The largest absolute Gasteiger partial charge is 0.350 e. The maximum Gasteiger partial charge on any atom is 0.221 e. The number of benzene rings is 1. The molecule has 1 aromatic carbocycles. The molecule has 5 heteroatoms. The lowest BCUT2D eigenvalue weighted by Crippen LogP contribution is -2.21. The van der Waals surface area contributed by atoms with Crippen molar-refractivity contribution in [1.29, 1.82) is 0 Å². The molecule has 1 aliphatic rings. The summed E-state index contributed by atoms with van der Waals surface area (Å²) in [5, 5.41) is 2.91. The van der Waals surface area contributed by atoms with Gasteiger partial charge in [0.05, 0.1) is 17.9 Å². The minimum absolute atomic E-state index is 0.0131. The summed E-state index contributed by atoms with van der Waals surface area (Å²) in [6.45, 7) is 4.20. The molecule has 3 heterocycles. The van der Waals surface area contributed by atoms with E-state index in [9.17, 15) is 9.18 Å².